The highest BCUT2D eigenvalue weighted by atomic mass is 19.1. The zero-order chi connectivity index (χ0) is 16.4. The van der Waals surface area contributed by atoms with Gasteiger partial charge in [-0.1, -0.05) is 31.2 Å². The van der Waals surface area contributed by atoms with Gasteiger partial charge in [0.05, 0.1) is 11.4 Å². The molecule has 116 valence electrons. The maximum Gasteiger partial charge on any atom is 0.306 e. The molecule has 0 spiro atoms. The number of hydrogen-bond donors (Lipinski definition) is 1. The van der Waals surface area contributed by atoms with Gasteiger partial charge < -0.3 is 5.11 Å². The van der Waals surface area contributed by atoms with Crippen molar-refractivity contribution < 1.29 is 14.3 Å². The fraction of sp³-hybridized carbons (Fsp3) is 0.158. The molecule has 3 aromatic rings. The van der Waals surface area contributed by atoms with Gasteiger partial charge in [-0.25, -0.2) is 4.39 Å². The SMILES string of the molecule is CC(Cc1cccc2ncc(-c3cccc(F)c3)cc12)C(=O)O. The first-order valence-electron chi connectivity index (χ1n) is 7.41. The van der Waals surface area contributed by atoms with Gasteiger partial charge in [-0.15, -0.1) is 0 Å². The lowest BCUT2D eigenvalue weighted by atomic mass is 9.96. The van der Waals surface area contributed by atoms with E-state index in [2.05, 4.69) is 4.98 Å². The summed E-state index contributed by atoms with van der Waals surface area (Å²) in [6.07, 6.45) is 2.14. The van der Waals surface area contributed by atoms with Gasteiger partial charge in [0.1, 0.15) is 5.82 Å². The first kappa shape index (κ1) is 15.2. The van der Waals surface area contributed by atoms with E-state index < -0.39 is 11.9 Å². The molecular formula is C19H16FNO2. The number of carboxylic acid groups (broad SMARTS) is 1. The Bertz CT molecular complexity index is 876. The maximum atomic E-state index is 13.4. The van der Waals surface area contributed by atoms with E-state index in [1.165, 1.54) is 12.1 Å². The number of benzene rings is 2. The van der Waals surface area contributed by atoms with Crippen LogP contribution >= 0.6 is 0 Å². The van der Waals surface area contributed by atoms with Gasteiger partial charge in [-0.05, 0) is 41.8 Å². The smallest absolute Gasteiger partial charge is 0.306 e. The van der Waals surface area contributed by atoms with Gasteiger partial charge in [0.2, 0.25) is 0 Å². The predicted octanol–water partition coefficient (Wildman–Crippen LogP) is 4.30. The van der Waals surface area contributed by atoms with Crippen molar-refractivity contribution in [2.75, 3.05) is 0 Å². The normalized spacial score (nSPS) is 12.3. The van der Waals surface area contributed by atoms with Crippen LogP contribution in [0, 0.1) is 11.7 Å². The molecule has 0 aliphatic rings. The molecule has 3 rings (SSSR count). The largest absolute Gasteiger partial charge is 0.481 e. The topological polar surface area (TPSA) is 50.2 Å². The van der Waals surface area contributed by atoms with Gasteiger partial charge in [-0.2, -0.15) is 0 Å². The molecule has 23 heavy (non-hydrogen) atoms. The van der Waals surface area contributed by atoms with Gasteiger partial charge in [0.25, 0.3) is 0 Å². The van der Waals surface area contributed by atoms with Gasteiger partial charge in [0, 0.05) is 17.1 Å². The Hall–Kier alpha value is -2.75. The molecule has 0 aliphatic carbocycles. The molecule has 4 heteroatoms. The number of rotatable bonds is 4. The Kier molecular flexibility index (Phi) is 4.06. The second-order valence-corrected chi connectivity index (χ2v) is 5.66. The van der Waals surface area contributed by atoms with Crippen molar-refractivity contribution in [2.24, 2.45) is 5.92 Å². The number of nitrogens with zero attached hydrogens (tertiary/aromatic N) is 1. The highest BCUT2D eigenvalue weighted by Crippen LogP contribution is 2.26. The molecule has 1 aromatic heterocycles. The van der Waals surface area contributed by atoms with Crippen molar-refractivity contribution >= 4 is 16.9 Å². The fourth-order valence-electron chi connectivity index (χ4n) is 2.63. The summed E-state index contributed by atoms with van der Waals surface area (Å²) in [5.41, 5.74) is 3.30. The molecular weight excluding hydrogens is 293 g/mol. The Balaban J connectivity index is 2.09. The predicted molar refractivity (Wildman–Crippen MR) is 87.6 cm³/mol. The monoisotopic (exact) mass is 309 g/mol. The highest BCUT2D eigenvalue weighted by molar-refractivity contribution is 5.87. The summed E-state index contributed by atoms with van der Waals surface area (Å²) < 4.78 is 13.4. The van der Waals surface area contributed by atoms with E-state index in [4.69, 9.17) is 5.11 Å². The second kappa shape index (κ2) is 6.16. The molecule has 0 bridgehead atoms. The third-order valence-electron chi connectivity index (χ3n) is 3.92. The van der Waals surface area contributed by atoms with Crippen molar-refractivity contribution in [1.82, 2.24) is 4.98 Å². The van der Waals surface area contributed by atoms with Crippen LogP contribution < -0.4 is 0 Å². The molecule has 0 radical (unpaired) electrons. The average Bonchev–Trinajstić information content (AvgIpc) is 2.54. The lowest BCUT2D eigenvalue weighted by molar-refractivity contribution is -0.141. The zero-order valence-electron chi connectivity index (χ0n) is 12.7. The first-order valence-corrected chi connectivity index (χ1v) is 7.41. The van der Waals surface area contributed by atoms with Gasteiger partial charge in [0.15, 0.2) is 0 Å². The fourth-order valence-corrected chi connectivity index (χ4v) is 2.63. The van der Waals surface area contributed by atoms with Crippen LogP contribution in [0.25, 0.3) is 22.0 Å². The summed E-state index contributed by atoms with van der Waals surface area (Å²) in [7, 11) is 0. The van der Waals surface area contributed by atoms with E-state index in [0.717, 1.165) is 27.6 Å². The average molecular weight is 309 g/mol. The summed E-state index contributed by atoms with van der Waals surface area (Å²) >= 11 is 0. The maximum absolute atomic E-state index is 13.4. The van der Waals surface area contributed by atoms with Crippen molar-refractivity contribution in [3.05, 3.63) is 66.1 Å². The molecule has 1 N–H and O–H groups in total. The van der Waals surface area contributed by atoms with Crippen LogP contribution in [0.4, 0.5) is 4.39 Å². The molecule has 0 aliphatic heterocycles. The molecule has 0 amide bonds. The minimum atomic E-state index is -0.823. The number of aromatic nitrogens is 1. The third kappa shape index (κ3) is 3.21. The van der Waals surface area contributed by atoms with Crippen LogP contribution in [0.1, 0.15) is 12.5 Å². The lowest BCUT2D eigenvalue weighted by Gasteiger charge is -2.11. The second-order valence-electron chi connectivity index (χ2n) is 5.66. The zero-order valence-corrected chi connectivity index (χ0v) is 12.7. The van der Waals surface area contributed by atoms with Gasteiger partial charge in [-0.3, -0.25) is 9.78 Å². The summed E-state index contributed by atoms with van der Waals surface area (Å²) in [4.78, 5) is 15.5. The number of aliphatic carboxylic acids is 1. The Morgan fingerprint density at radius 1 is 1.17 bits per heavy atom. The molecule has 1 heterocycles. The molecule has 0 fully saturated rings. The van der Waals surface area contributed by atoms with E-state index in [-0.39, 0.29) is 5.82 Å². The molecule has 2 aromatic carbocycles. The van der Waals surface area contributed by atoms with Crippen molar-refractivity contribution in [3.8, 4) is 11.1 Å². The summed E-state index contributed by atoms with van der Waals surface area (Å²) in [6.45, 7) is 1.69. The molecule has 0 saturated carbocycles. The molecule has 1 unspecified atom stereocenters. The van der Waals surface area contributed by atoms with Crippen LogP contribution in [0.3, 0.4) is 0 Å². The van der Waals surface area contributed by atoms with E-state index in [9.17, 15) is 9.18 Å². The summed E-state index contributed by atoms with van der Waals surface area (Å²) in [6, 6.07) is 14.0. The number of halogens is 1. The minimum absolute atomic E-state index is 0.296. The van der Waals surface area contributed by atoms with Gasteiger partial charge >= 0.3 is 5.97 Å². The van der Waals surface area contributed by atoms with Crippen molar-refractivity contribution in [2.45, 2.75) is 13.3 Å². The lowest BCUT2D eigenvalue weighted by Crippen LogP contribution is -2.12. The van der Waals surface area contributed by atoms with Crippen molar-refractivity contribution in [3.63, 3.8) is 0 Å². The molecule has 3 nitrogen and oxygen atoms in total. The van der Waals surface area contributed by atoms with Crippen LogP contribution in [-0.4, -0.2) is 16.1 Å². The van der Waals surface area contributed by atoms with E-state index in [1.807, 2.05) is 30.3 Å². The van der Waals surface area contributed by atoms with Crippen LogP contribution in [0.5, 0.6) is 0 Å². The summed E-state index contributed by atoms with van der Waals surface area (Å²) in [5, 5.41) is 10.0. The summed E-state index contributed by atoms with van der Waals surface area (Å²) in [5.74, 6) is -1.59. The quantitative estimate of drug-likeness (QED) is 0.781. The minimum Gasteiger partial charge on any atom is -0.481 e. The Labute approximate surface area is 133 Å². The Morgan fingerprint density at radius 3 is 2.70 bits per heavy atom. The third-order valence-corrected chi connectivity index (χ3v) is 3.92. The number of pyridine rings is 1. The van der Waals surface area contributed by atoms with Crippen LogP contribution in [-0.2, 0) is 11.2 Å². The van der Waals surface area contributed by atoms with E-state index in [1.54, 1.807) is 19.2 Å². The van der Waals surface area contributed by atoms with Crippen molar-refractivity contribution in [1.29, 1.82) is 0 Å². The van der Waals surface area contributed by atoms with Crippen LogP contribution in [0.15, 0.2) is 54.7 Å². The van der Waals surface area contributed by atoms with E-state index in [0.29, 0.717) is 6.42 Å². The molecule has 0 saturated heterocycles. The number of fused-ring (bicyclic) bond motifs is 1. The Morgan fingerprint density at radius 2 is 1.96 bits per heavy atom. The number of carbonyl (C=O) groups is 1. The van der Waals surface area contributed by atoms with Crippen LogP contribution in [0.2, 0.25) is 0 Å². The first-order chi connectivity index (χ1) is 11.0. The molecule has 1 atom stereocenters. The highest BCUT2D eigenvalue weighted by Gasteiger charge is 2.14. The standard InChI is InChI=1S/C19H16FNO2/c1-12(19(22)23)8-14-5-3-7-18-17(14)10-15(11-21-18)13-4-2-6-16(20)9-13/h2-7,9-12H,8H2,1H3,(H,22,23). The van der Waals surface area contributed by atoms with E-state index >= 15 is 0 Å². The number of carboxylic acids is 1. The number of hydrogen-bond acceptors (Lipinski definition) is 2.